The molecule has 1 N–H and O–H groups in total. The van der Waals surface area contributed by atoms with E-state index in [1.165, 1.54) is 12.7 Å². The number of phenols is 1. The summed E-state index contributed by atoms with van der Waals surface area (Å²) in [5, 5.41) is 9.53. The van der Waals surface area contributed by atoms with E-state index in [4.69, 9.17) is 4.74 Å². The molecule has 0 aliphatic heterocycles. The zero-order chi connectivity index (χ0) is 15.1. The lowest BCUT2D eigenvalue weighted by Crippen LogP contribution is -2.02. The Kier molecular flexibility index (Phi) is 5.38. The number of carbonyl (C=O) groups is 1. The summed E-state index contributed by atoms with van der Waals surface area (Å²) in [6.07, 6.45) is 2.54. The van der Waals surface area contributed by atoms with Crippen LogP contribution in [0.1, 0.15) is 24.0 Å². The van der Waals surface area contributed by atoms with Crippen molar-refractivity contribution >= 4 is 5.78 Å². The molecule has 0 amide bonds. The fraction of sp³-hybridized carbons (Fsp3) is 0.278. The standard InChI is InChI=1S/C18H20O3/c1-21-18-13-15(9-12-17(18)20)8-11-16(19)10-7-14-5-3-2-4-6-14/h2-6,9,12-13,20H,7-8,10-11H2,1H3. The van der Waals surface area contributed by atoms with Gasteiger partial charge in [0, 0.05) is 12.8 Å². The third kappa shape index (κ3) is 4.63. The predicted molar refractivity (Wildman–Crippen MR) is 82.7 cm³/mol. The van der Waals surface area contributed by atoms with E-state index >= 15 is 0 Å². The summed E-state index contributed by atoms with van der Waals surface area (Å²) < 4.78 is 5.06. The van der Waals surface area contributed by atoms with Crippen molar-refractivity contribution in [2.24, 2.45) is 0 Å². The first-order valence-corrected chi connectivity index (χ1v) is 7.10. The lowest BCUT2D eigenvalue weighted by Gasteiger charge is -2.06. The van der Waals surface area contributed by atoms with Gasteiger partial charge in [-0.3, -0.25) is 4.79 Å². The second kappa shape index (κ2) is 7.48. The quantitative estimate of drug-likeness (QED) is 0.846. The number of carbonyl (C=O) groups excluding carboxylic acids is 1. The fourth-order valence-corrected chi connectivity index (χ4v) is 2.21. The van der Waals surface area contributed by atoms with E-state index < -0.39 is 0 Å². The molecule has 0 atom stereocenters. The highest BCUT2D eigenvalue weighted by molar-refractivity contribution is 5.78. The van der Waals surface area contributed by atoms with Gasteiger partial charge in [-0.25, -0.2) is 0 Å². The van der Waals surface area contributed by atoms with Crippen LogP contribution in [0.5, 0.6) is 11.5 Å². The molecule has 0 saturated carbocycles. The molecule has 21 heavy (non-hydrogen) atoms. The molecule has 0 fully saturated rings. The van der Waals surface area contributed by atoms with Crippen LogP contribution in [0.4, 0.5) is 0 Å². The first-order valence-electron chi connectivity index (χ1n) is 7.10. The van der Waals surface area contributed by atoms with Crippen molar-refractivity contribution in [3.05, 3.63) is 59.7 Å². The van der Waals surface area contributed by atoms with Crippen molar-refractivity contribution in [2.75, 3.05) is 7.11 Å². The van der Waals surface area contributed by atoms with Gasteiger partial charge in [0.05, 0.1) is 7.11 Å². The Morgan fingerprint density at radius 1 is 1.00 bits per heavy atom. The lowest BCUT2D eigenvalue weighted by atomic mass is 10.0. The fourth-order valence-electron chi connectivity index (χ4n) is 2.21. The monoisotopic (exact) mass is 284 g/mol. The summed E-state index contributed by atoms with van der Waals surface area (Å²) in [6.45, 7) is 0. The number of phenolic OH excluding ortho intramolecular Hbond substituents is 1. The van der Waals surface area contributed by atoms with E-state index in [1.807, 2.05) is 36.4 Å². The van der Waals surface area contributed by atoms with Crippen LogP contribution in [0.15, 0.2) is 48.5 Å². The number of Topliss-reactive ketones (excluding diaryl/α,β-unsaturated/α-hetero) is 1. The van der Waals surface area contributed by atoms with Gasteiger partial charge in [-0.05, 0) is 36.1 Å². The second-order valence-electron chi connectivity index (χ2n) is 5.03. The van der Waals surface area contributed by atoms with Crippen LogP contribution >= 0.6 is 0 Å². The average molecular weight is 284 g/mol. The largest absolute Gasteiger partial charge is 0.504 e. The van der Waals surface area contributed by atoms with E-state index in [-0.39, 0.29) is 11.5 Å². The van der Waals surface area contributed by atoms with Crippen LogP contribution in [-0.4, -0.2) is 18.0 Å². The molecule has 0 aliphatic carbocycles. The average Bonchev–Trinajstić information content (AvgIpc) is 2.53. The second-order valence-corrected chi connectivity index (χ2v) is 5.03. The maximum atomic E-state index is 11.9. The molecule has 0 unspecified atom stereocenters. The third-order valence-electron chi connectivity index (χ3n) is 3.47. The van der Waals surface area contributed by atoms with E-state index in [0.29, 0.717) is 25.0 Å². The van der Waals surface area contributed by atoms with Crippen molar-refractivity contribution in [3.63, 3.8) is 0 Å². The summed E-state index contributed by atoms with van der Waals surface area (Å²) in [5.74, 6) is 0.826. The first kappa shape index (κ1) is 15.1. The molecule has 0 spiro atoms. The minimum atomic E-state index is 0.122. The number of aromatic hydroxyl groups is 1. The SMILES string of the molecule is COc1cc(CCC(=O)CCc2ccccc2)ccc1O. The van der Waals surface area contributed by atoms with Gasteiger partial charge in [-0.15, -0.1) is 0 Å². The molecule has 0 aromatic heterocycles. The number of hydrogen-bond donors (Lipinski definition) is 1. The first-order chi connectivity index (χ1) is 10.2. The van der Waals surface area contributed by atoms with Gasteiger partial charge >= 0.3 is 0 Å². The molecule has 0 bridgehead atoms. The van der Waals surface area contributed by atoms with Gasteiger partial charge in [-0.2, -0.15) is 0 Å². The topological polar surface area (TPSA) is 46.5 Å². The number of rotatable bonds is 7. The Labute approximate surface area is 125 Å². The smallest absolute Gasteiger partial charge is 0.160 e. The molecule has 0 saturated heterocycles. The molecule has 3 heteroatoms. The van der Waals surface area contributed by atoms with E-state index in [1.54, 1.807) is 12.1 Å². The molecule has 2 aromatic carbocycles. The van der Waals surface area contributed by atoms with E-state index in [9.17, 15) is 9.90 Å². The van der Waals surface area contributed by atoms with Crippen LogP contribution in [0.25, 0.3) is 0 Å². The molecule has 0 aliphatic rings. The van der Waals surface area contributed by atoms with Crippen LogP contribution in [0.3, 0.4) is 0 Å². The van der Waals surface area contributed by atoms with Gasteiger partial charge < -0.3 is 9.84 Å². The highest BCUT2D eigenvalue weighted by Crippen LogP contribution is 2.26. The Morgan fingerprint density at radius 2 is 1.67 bits per heavy atom. The molecule has 0 radical (unpaired) electrons. The number of aryl methyl sites for hydroxylation is 2. The Balaban J connectivity index is 1.81. The van der Waals surface area contributed by atoms with Crippen LogP contribution in [0, 0.1) is 0 Å². The van der Waals surface area contributed by atoms with Crippen molar-refractivity contribution in [1.29, 1.82) is 0 Å². The van der Waals surface area contributed by atoms with Crippen molar-refractivity contribution in [3.8, 4) is 11.5 Å². The van der Waals surface area contributed by atoms with Gasteiger partial charge in [-0.1, -0.05) is 36.4 Å². The number of ketones is 1. The highest BCUT2D eigenvalue weighted by Gasteiger charge is 2.06. The third-order valence-corrected chi connectivity index (χ3v) is 3.47. The minimum absolute atomic E-state index is 0.122. The van der Waals surface area contributed by atoms with Crippen molar-refractivity contribution < 1.29 is 14.6 Å². The molecule has 110 valence electrons. The zero-order valence-corrected chi connectivity index (χ0v) is 12.2. The maximum Gasteiger partial charge on any atom is 0.160 e. The van der Waals surface area contributed by atoms with E-state index in [0.717, 1.165) is 12.0 Å². The summed E-state index contributed by atoms with van der Waals surface area (Å²) in [6, 6.07) is 15.2. The minimum Gasteiger partial charge on any atom is -0.504 e. The molecule has 2 rings (SSSR count). The van der Waals surface area contributed by atoms with Gasteiger partial charge in [0.2, 0.25) is 0 Å². The Hall–Kier alpha value is -2.29. The zero-order valence-electron chi connectivity index (χ0n) is 12.2. The number of hydrogen-bond acceptors (Lipinski definition) is 3. The van der Waals surface area contributed by atoms with Crippen molar-refractivity contribution in [1.82, 2.24) is 0 Å². The summed E-state index contributed by atoms with van der Waals surface area (Å²) in [5.41, 5.74) is 2.19. The number of methoxy groups -OCH3 is 1. The molecule has 0 heterocycles. The molecular formula is C18H20O3. The van der Waals surface area contributed by atoms with Crippen LogP contribution < -0.4 is 4.74 Å². The normalized spacial score (nSPS) is 10.3. The van der Waals surface area contributed by atoms with Crippen LogP contribution in [-0.2, 0) is 17.6 Å². The predicted octanol–water partition coefficient (Wildman–Crippen LogP) is 3.54. The Bertz CT molecular complexity index is 591. The van der Waals surface area contributed by atoms with Gasteiger partial charge in [0.25, 0.3) is 0 Å². The van der Waals surface area contributed by atoms with E-state index in [2.05, 4.69) is 0 Å². The number of ether oxygens (including phenoxy) is 1. The lowest BCUT2D eigenvalue weighted by molar-refractivity contribution is -0.119. The Morgan fingerprint density at radius 3 is 2.33 bits per heavy atom. The van der Waals surface area contributed by atoms with Gasteiger partial charge in [0.15, 0.2) is 11.5 Å². The highest BCUT2D eigenvalue weighted by atomic mass is 16.5. The van der Waals surface area contributed by atoms with Crippen LogP contribution in [0.2, 0.25) is 0 Å². The molecule has 3 nitrogen and oxygen atoms in total. The number of benzene rings is 2. The summed E-state index contributed by atoms with van der Waals surface area (Å²) in [4.78, 5) is 11.9. The molecular weight excluding hydrogens is 264 g/mol. The van der Waals surface area contributed by atoms with Gasteiger partial charge in [0.1, 0.15) is 5.78 Å². The summed E-state index contributed by atoms with van der Waals surface area (Å²) >= 11 is 0. The van der Waals surface area contributed by atoms with Crippen molar-refractivity contribution in [2.45, 2.75) is 25.7 Å². The maximum absolute atomic E-state index is 11.9. The summed E-state index contributed by atoms with van der Waals surface area (Å²) in [7, 11) is 1.52. The molecule has 2 aromatic rings.